The number of H-pyrrole nitrogens is 1. The van der Waals surface area contributed by atoms with Gasteiger partial charge >= 0.3 is 0 Å². The van der Waals surface area contributed by atoms with E-state index in [-0.39, 0.29) is 5.56 Å². The quantitative estimate of drug-likeness (QED) is 0.747. The summed E-state index contributed by atoms with van der Waals surface area (Å²) in [6, 6.07) is 3.49. The van der Waals surface area contributed by atoms with Gasteiger partial charge in [0.05, 0.1) is 34.7 Å². The minimum absolute atomic E-state index is 0.172. The Hall–Kier alpha value is -2.08. The van der Waals surface area contributed by atoms with Crippen LogP contribution in [0.15, 0.2) is 23.3 Å². The van der Waals surface area contributed by atoms with Crippen LogP contribution in [0.1, 0.15) is 25.7 Å². The Morgan fingerprint density at radius 2 is 2.33 bits per heavy atom. The van der Waals surface area contributed by atoms with Gasteiger partial charge in [0.2, 0.25) is 0 Å². The molecular formula is C15H20N4O2. The summed E-state index contributed by atoms with van der Waals surface area (Å²) in [5, 5.41) is 3.82. The molecule has 0 bridgehead atoms. The average Bonchev–Trinajstić information content (AvgIpc) is 2.50. The highest BCUT2D eigenvalue weighted by Crippen LogP contribution is 2.23. The summed E-state index contributed by atoms with van der Waals surface area (Å²) in [4.78, 5) is 18.4. The lowest BCUT2D eigenvalue weighted by Crippen LogP contribution is -2.22. The standard InChI is InChI=1S/C15H20N4O2/c16-12-7-11-13(18-9-19-15(11)20)8-14(12)17-5-4-10-3-1-2-6-21-10/h7-10,17H,1-6,16H2,(H,18,19,20). The Labute approximate surface area is 122 Å². The van der Waals surface area contributed by atoms with Crippen LogP contribution in [0.4, 0.5) is 11.4 Å². The summed E-state index contributed by atoms with van der Waals surface area (Å²) in [5.74, 6) is 0. The van der Waals surface area contributed by atoms with Gasteiger partial charge < -0.3 is 20.8 Å². The summed E-state index contributed by atoms with van der Waals surface area (Å²) in [6.07, 6.45) is 6.25. The molecule has 1 unspecified atom stereocenters. The van der Waals surface area contributed by atoms with Crippen LogP contribution >= 0.6 is 0 Å². The van der Waals surface area contributed by atoms with E-state index < -0.39 is 0 Å². The molecule has 1 aromatic heterocycles. The Bertz CT molecular complexity index is 677. The van der Waals surface area contributed by atoms with Crippen molar-refractivity contribution in [2.45, 2.75) is 31.8 Å². The van der Waals surface area contributed by atoms with Gasteiger partial charge in [0.1, 0.15) is 0 Å². The topological polar surface area (TPSA) is 93.0 Å². The molecule has 3 rings (SSSR count). The van der Waals surface area contributed by atoms with E-state index in [2.05, 4.69) is 15.3 Å². The van der Waals surface area contributed by atoms with E-state index in [4.69, 9.17) is 10.5 Å². The highest BCUT2D eigenvalue weighted by Gasteiger charge is 2.13. The van der Waals surface area contributed by atoms with E-state index >= 15 is 0 Å². The maximum absolute atomic E-state index is 11.7. The lowest BCUT2D eigenvalue weighted by Gasteiger charge is -2.22. The van der Waals surface area contributed by atoms with Crippen LogP contribution < -0.4 is 16.6 Å². The van der Waals surface area contributed by atoms with Crippen molar-refractivity contribution in [3.05, 3.63) is 28.8 Å². The predicted molar refractivity (Wildman–Crippen MR) is 83.5 cm³/mol. The van der Waals surface area contributed by atoms with Crippen LogP contribution in [0.25, 0.3) is 10.9 Å². The monoisotopic (exact) mass is 288 g/mol. The number of ether oxygens (including phenoxy) is 1. The molecule has 1 fully saturated rings. The molecule has 2 heterocycles. The zero-order valence-corrected chi connectivity index (χ0v) is 11.9. The van der Waals surface area contributed by atoms with Crippen molar-refractivity contribution in [2.75, 3.05) is 24.2 Å². The number of rotatable bonds is 4. The second-order valence-corrected chi connectivity index (χ2v) is 5.39. The molecule has 0 amide bonds. The van der Waals surface area contributed by atoms with Gasteiger partial charge in [-0.2, -0.15) is 0 Å². The second-order valence-electron chi connectivity index (χ2n) is 5.39. The largest absolute Gasteiger partial charge is 0.397 e. The Balaban J connectivity index is 1.69. The normalized spacial score (nSPS) is 18.8. The summed E-state index contributed by atoms with van der Waals surface area (Å²) >= 11 is 0. The molecule has 1 aromatic carbocycles. The minimum Gasteiger partial charge on any atom is -0.397 e. The average molecular weight is 288 g/mol. The summed E-state index contributed by atoms with van der Waals surface area (Å²) in [7, 11) is 0. The number of hydrogen-bond donors (Lipinski definition) is 3. The first-order chi connectivity index (χ1) is 10.2. The third-order valence-electron chi connectivity index (χ3n) is 3.87. The first-order valence-electron chi connectivity index (χ1n) is 7.36. The zero-order chi connectivity index (χ0) is 14.7. The van der Waals surface area contributed by atoms with E-state index in [9.17, 15) is 4.79 Å². The lowest BCUT2D eigenvalue weighted by atomic mass is 10.1. The molecule has 2 aromatic rings. The van der Waals surface area contributed by atoms with Gasteiger partial charge in [0.25, 0.3) is 5.56 Å². The molecular weight excluding hydrogens is 268 g/mol. The Morgan fingerprint density at radius 3 is 3.14 bits per heavy atom. The predicted octanol–water partition coefficient (Wildman–Crippen LogP) is 1.88. The van der Waals surface area contributed by atoms with Crippen molar-refractivity contribution in [1.82, 2.24) is 9.97 Å². The molecule has 112 valence electrons. The lowest BCUT2D eigenvalue weighted by molar-refractivity contribution is 0.0134. The number of nitrogens with zero attached hydrogens (tertiary/aromatic N) is 1. The first-order valence-corrected chi connectivity index (χ1v) is 7.36. The van der Waals surface area contributed by atoms with Crippen LogP contribution in [0.3, 0.4) is 0 Å². The van der Waals surface area contributed by atoms with Gasteiger partial charge in [-0.25, -0.2) is 4.98 Å². The Morgan fingerprint density at radius 1 is 1.43 bits per heavy atom. The molecule has 1 aliphatic rings. The number of nitrogens with two attached hydrogens (primary N) is 1. The molecule has 0 saturated carbocycles. The number of aromatic amines is 1. The fraction of sp³-hybridized carbons (Fsp3) is 0.467. The molecule has 6 nitrogen and oxygen atoms in total. The minimum atomic E-state index is -0.172. The molecule has 0 aliphatic carbocycles. The van der Waals surface area contributed by atoms with Crippen molar-refractivity contribution in [2.24, 2.45) is 0 Å². The smallest absolute Gasteiger partial charge is 0.258 e. The number of anilines is 2. The number of fused-ring (bicyclic) bond motifs is 1. The molecule has 1 saturated heterocycles. The third kappa shape index (κ3) is 3.16. The fourth-order valence-electron chi connectivity index (χ4n) is 2.69. The van der Waals surface area contributed by atoms with Gasteiger partial charge in [0, 0.05) is 13.2 Å². The van der Waals surface area contributed by atoms with Gasteiger partial charge in [-0.1, -0.05) is 0 Å². The molecule has 0 radical (unpaired) electrons. The summed E-state index contributed by atoms with van der Waals surface area (Å²) < 4.78 is 5.70. The number of aromatic nitrogens is 2. The van der Waals surface area contributed by atoms with Gasteiger partial charge in [-0.05, 0) is 37.8 Å². The van der Waals surface area contributed by atoms with Crippen molar-refractivity contribution >= 4 is 22.3 Å². The van der Waals surface area contributed by atoms with Crippen molar-refractivity contribution in [1.29, 1.82) is 0 Å². The van der Waals surface area contributed by atoms with Crippen LogP contribution in [-0.2, 0) is 4.74 Å². The van der Waals surface area contributed by atoms with Crippen molar-refractivity contribution in [3.63, 3.8) is 0 Å². The number of hydrogen-bond acceptors (Lipinski definition) is 5. The summed E-state index contributed by atoms with van der Waals surface area (Å²) in [6.45, 7) is 1.67. The van der Waals surface area contributed by atoms with Crippen LogP contribution in [0.5, 0.6) is 0 Å². The van der Waals surface area contributed by atoms with E-state index in [0.717, 1.165) is 31.7 Å². The number of nitrogens with one attached hydrogen (secondary N) is 2. The van der Waals surface area contributed by atoms with Crippen LogP contribution in [-0.4, -0.2) is 29.2 Å². The summed E-state index contributed by atoms with van der Waals surface area (Å²) in [5.41, 5.74) is 7.85. The van der Waals surface area contributed by atoms with Gasteiger partial charge in [-0.15, -0.1) is 0 Å². The third-order valence-corrected chi connectivity index (χ3v) is 3.87. The highest BCUT2D eigenvalue weighted by molar-refractivity contribution is 5.88. The zero-order valence-electron chi connectivity index (χ0n) is 11.9. The molecule has 0 spiro atoms. The van der Waals surface area contributed by atoms with Gasteiger partial charge in [0.15, 0.2) is 0 Å². The molecule has 1 aliphatic heterocycles. The fourth-order valence-corrected chi connectivity index (χ4v) is 2.69. The van der Waals surface area contributed by atoms with E-state index in [1.165, 1.54) is 19.2 Å². The van der Waals surface area contributed by atoms with Crippen molar-refractivity contribution in [3.8, 4) is 0 Å². The van der Waals surface area contributed by atoms with E-state index in [0.29, 0.717) is 22.7 Å². The molecule has 1 atom stereocenters. The first kappa shape index (κ1) is 13.9. The maximum Gasteiger partial charge on any atom is 0.258 e. The molecule has 4 N–H and O–H groups in total. The highest BCUT2D eigenvalue weighted by atomic mass is 16.5. The van der Waals surface area contributed by atoms with Gasteiger partial charge in [-0.3, -0.25) is 4.79 Å². The van der Waals surface area contributed by atoms with E-state index in [1.54, 1.807) is 6.07 Å². The van der Waals surface area contributed by atoms with Crippen LogP contribution in [0.2, 0.25) is 0 Å². The molecule has 6 heteroatoms. The Kier molecular flexibility index (Phi) is 4.06. The number of benzene rings is 1. The number of nitrogen functional groups attached to an aromatic ring is 1. The second kappa shape index (κ2) is 6.13. The van der Waals surface area contributed by atoms with Crippen LogP contribution in [0, 0.1) is 0 Å². The molecule has 21 heavy (non-hydrogen) atoms. The van der Waals surface area contributed by atoms with Crippen molar-refractivity contribution < 1.29 is 4.74 Å². The van der Waals surface area contributed by atoms with E-state index in [1.807, 2.05) is 6.07 Å². The maximum atomic E-state index is 11.7. The SMILES string of the molecule is Nc1cc2c(=O)[nH]cnc2cc1NCCC1CCCCO1.